The van der Waals surface area contributed by atoms with Crippen LogP contribution in [-0.2, 0) is 14.8 Å². The number of sulfonamides is 1. The SMILES string of the molecule is Cc1ccc(NC(=O)CN(CC(C)C)C2CC2)cc1S(=O)(=O)N(C)C. The lowest BCUT2D eigenvalue weighted by atomic mass is 10.2. The molecule has 1 aliphatic carbocycles. The predicted molar refractivity (Wildman–Crippen MR) is 100 cm³/mol. The van der Waals surface area contributed by atoms with E-state index in [1.54, 1.807) is 19.1 Å². The Balaban J connectivity index is 2.10. The van der Waals surface area contributed by atoms with Crippen LogP contribution in [0.25, 0.3) is 0 Å². The summed E-state index contributed by atoms with van der Waals surface area (Å²) in [5.74, 6) is 0.397. The van der Waals surface area contributed by atoms with Crippen LogP contribution in [0.3, 0.4) is 0 Å². The van der Waals surface area contributed by atoms with E-state index in [0.717, 1.165) is 19.4 Å². The number of rotatable bonds is 8. The molecule has 0 unspecified atom stereocenters. The molecule has 0 radical (unpaired) electrons. The maximum Gasteiger partial charge on any atom is 0.242 e. The minimum absolute atomic E-state index is 0.107. The molecule has 0 aromatic heterocycles. The predicted octanol–water partition coefficient (Wildman–Crippen LogP) is 2.30. The third-order valence-electron chi connectivity index (χ3n) is 4.24. The summed E-state index contributed by atoms with van der Waals surface area (Å²) < 4.78 is 26.0. The Bertz CT molecular complexity index is 725. The van der Waals surface area contributed by atoms with Gasteiger partial charge in [0.05, 0.1) is 11.4 Å². The number of aryl methyl sites for hydroxylation is 1. The highest BCUT2D eigenvalue weighted by Crippen LogP contribution is 2.27. The fraction of sp³-hybridized carbons (Fsp3) is 0.611. The highest BCUT2D eigenvalue weighted by Gasteiger charge is 2.30. The molecule has 0 spiro atoms. The standard InChI is InChI=1S/C18H29N3O3S/c1-13(2)11-21(16-8-9-16)12-18(22)19-15-7-6-14(3)17(10-15)25(23,24)20(4)5/h6-7,10,13,16H,8-9,11-12H2,1-5H3,(H,19,22). The summed E-state index contributed by atoms with van der Waals surface area (Å²) in [6.45, 7) is 7.27. The second-order valence-corrected chi connectivity index (χ2v) is 9.49. The number of amides is 1. The summed E-state index contributed by atoms with van der Waals surface area (Å²) in [6, 6.07) is 5.51. The molecule has 1 aromatic rings. The largest absolute Gasteiger partial charge is 0.325 e. The number of hydrogen-bond acceptors (Lipinski definition) is 4. The maximum absolute atomic E-state index is 12.4. The minimum atomic E-state index is -3.54. The molecule has 0 heterocycles. The molecule has 1 aromatic carbocycles. The van der Waals surface area contributed by atoms with Crippen molar-refractivity contribution in [3.8, 4) is 0 Å². The smallest absolute Gasteiger partial charge is 0.242 e. The lowest BCUT2D eigenvalue weighted by molar-refractivity contribution is -0.117. The zero-order chi connectivity index (χ0) is 18.8. The van der Waals surface area contributed by atoms with Gasteiger partial charge in [-0.3, -0.25) is 9.69 Å². The van der Waals surface area contributed by atoms with Crippen LogP contribution in [0.2, 0.25) is 0 Å². The second-order valence-electron chi connectivity index (χ2n) is 7.37. The molecule has 0 saturated heterocycles. The van der Waals surface area contributed by atoms with Crippen LogP contribution in [0.1, 0.15) is 32.3 Å². The van der Waals surface area contributed by atoms with E-state index in [4.69, 9.17) is 0 Å². The van der Waals surface area contributed by atoms with Crippen molar-refractivity contribution >= 4 is 21.6 Å². The van der Waals surface area contributed by atoms with Gasteiger partial charge in [-0.25, -0.2) is 12.7 Å². The van der Waals surface area contributed by atoms with E-state index in [1.807, 2.05) is 0 Å². The van der Waals surface area contributed by atoms with Crippen molar-refractivity contribution in [3.05, 3.63) is 23.8 Å². The Kier molecular flexibility index (Phi) is 6.24. The molecule has 25 heavy (non-hydrogen) atoms. The highest BCUT2D eigenvalue weighted by atomic mass is 32.2. The molecular weight excluding hydrogens is 338 g/mol. The van der Waals surface area contributed by atoms with Gasteiger partial charge in [-0.1, -0.05) is 19.9 Å². The van der Waals surface area contributed by atoms with Crippen molar-refractivity contribution in [2.24, 2.45) is 5.92 Å². The van der Waals surface area contributed by atoms with Gasteiger partial charge in [-0.15, -0.1) is 0 Å². The average molecular weight is 368 g/mol. The Labute approximate surface area is 151 Å². The van der Waals surface area contributed by atoms with Gasteiger partial charge in [0.25, 0.3) is 0 Å². The van der Waals surface area contributed by atoms with Gasteiger partial charge in [0, 0.05) is 32.4 Å². The molecule has 1 aliphatic rings. The fourth-order valence-electron chi connectivity index (χ4n) is 2.79. The molecule has 1 fully saturated rings. The molecule has 1 N–H and O–H groups in total. The summed E-state index contributed by atoms with van der Waals surface area (Å²) in [7, 11) is -0.538. The van der Waals surface area contributed by atoms with Crippen LogP contribution < -0.4 is 5.32 Å². The van der Waals surface area contributed by atoms with Gasteiger partial charge in [-0.2, -0.15) is 0 Å². The Morgan fingerprint density at radius 3 is 2.44 bits per heavy atom. The molecule has 0 bridgehead atoms. The summed E-state index contributed by atoms with van der Waals surface area (Å²) in [4.78, 5) is 14.8. The van der Waals surface area contributed by atoms with E-state index in [-0.39, 0.29) is 10.8 Å². The third kappa shape index (κ3) is 5.26. The Morgan fingerprint density at radius 1 is 1.28 bits per heavy atom. The van der Waals surface area contributed by atoms with Crippen LogP contribution in [0.5, 0.6) is 0 Å². The Hall–Kier alpha value is -1.44. The first-order valence-corrected chi connectivity index (χ1v) is 10.1. The van der Waals surface area contributed by atoms with Crippen LogP contribution in [-0.4, -0.2) is 56.8 Å². The van der Waals surface area contributed by atoms with Crippen LogP contribution in [0.15, 0.2) is 23.1 Å². The number of benzene rings is 1. The molecule has 6 nitrogen and oxygen atoms in total. The monoisotopic (exact) mass is 367 g/mol. The van der Waals surface area contributed by atoms with Gasteiger partial charge in [0.2, 0.25) is 15.9 Å². The topological polar surface area (TPSA) is 69.7 Å². The van der Waals surface area contributed by atoms with E-state index in [1.165, 1.54) is 24.5 Å². The van der Waals surface area contributed by atoms with Crippen molar-refractivity contribution in [3.63, 3.8) is 0 Å². The van der Waals surface area contributed by atoms with Crippen molar-refractivity contribution in [2.75, 3.05) is 32.5 Å². The molecule has 2 rings (SSSR count). The van der Waals surface area contributed by atoms with E-state index in [9.17, 15) is 13.2 Å². The lowest BCUT2D eigenvalue weighted by Crippen LogP contribution is -2.37. The molecule has 140 valence electrons. The van der Waals surface area contributed by atoms with Crippen molar-refractivity contribution in [1.29, 1.82) is 0 Å². The van der Waals surface area contributed by atoms with Crippen molar-refractivity contribution < 1.29 is 13.2 Å². The van der Waals surface area contributed by atoms with Crippen LogP contribution in [0.4, 0.5) is 5.69 Å². The van der Waals surface area contributed by atoms with Crippen molar-refractivity contribution in [1.82, 2.24) is 9.21 Å². The summed E-state index contributed by atoms with van der Waals surface area (Å²) >= 11 is 0. The quantitative estimate of drug-likeness (QED) is 0.765. The second kappa shape index (κ2) is 7.85. The first-order chi connectivity index (χ1) is 11.6. The zero-order valence-corrected chi connectivity index (χ0v) is 16.6. The van der Waals surface area contributed by atoms with Gasteiger partial charge in [-0.05, 0) is 43.4 Å². The third-order valence-corrected chi connectivity index (χ3v) is 6.20. The van der Waals surface area contributed by atoms with E-state index in [0.29, 0.717) is 29.8 Å². The molecule has 0 aliphatic heterocycles. The van der Waals surface area contributed by atoms with Gasteiger partial charge in [0.1, 0.15) is 0 Å². The normalized spacial score (nSPS) is 15.2. The molecule has 0 atom stereocenters. The van der Waals surface area contributed by atoms with Gasteiger partial charge in [0.15, 0.2) is 0 Å². The fourth-order valence-corrected chi connectivity index (χ4v) is 3.93. The molecular formula is C18H29N3O3S. The number of carbonyl (C=O) groups is 1. The number of nitrogens with one attached hydrogen (secondary N) is 1. The van der Waals surface area contributed by atoms with Crippen LogP contribution >= 0.6 is 0 Å². The maximum atomic E-state index is 12.4. The van der Waals surface area contributed by atoms with E-state index < -0.39 is 10.0 Å². The zero-order valence-electron chi connectivity index (χ0n) is 15.7. The summed E-state index contributed by atoms with van der Waals surface area (Å²) in [5, 5.41) is 2.84. The summed E-state index contributed by atoms with van der Waals surface area (Å²) in [5.41, 5.74) is 1.17. The summed E-state index contributed by atoms with van der Waals surface area (Å²) in [6.07, 6.45) is 2.30. The van der Waals surface area contributed by atoms with Gasteiger partial charge < -0.3 is 5.32 Å². The number of carbonyl (C=O) groups excluding carboxylic acids is 1. The van der Waals surface area contributed by atoms with E-state index >= 15 is 0 Å². The number of anilines is 1. The van der Waals surface area contributed by atoms with Gasteiger partial charge >= 0.3 is 0 Å². The lowest BCUT2D eigenvalue weighted by Gasteiger charge is -2.23. The average Bonchev–Trinajstić information content (AvgIpc) is 3.32. The van der Waals surface area contributed by atoms with Crippen molar-refractivity contribution in [2.45, 2.75) is 44.6 Å². The molecule has 1 saturated carbocycles. The first kappa shape index (κ1) is 19.9. The molecule has 7 heteroatoms. The Morgan fingerprint density at radius 2 is 1.92 bits per heavy atom. The number of nitrogens with zero attached hydrogens (tertiary/aromatic N) is 2. The first-order valence-electron chi connectivity index (χ1n) is 8.68. The highest BCUT2D eigenvalue weighted by molar-refractivity contribution is 7.89. The van der Waals surface area contributed by atoms with Crippen LogP contribution in [0, 0.1) is 12.8 Å². The molecule has 1 amide bonds. The van der Waals surface area contributed by atoms with E-state index in [2.05, 4.69) is 24.1 Å². The number of hydrogen-bond donors (Lipinski definition) is 1. The minimum Gasteiger partial charge on any atom is -0.325 e.